The van der Waals surface area contributed by atoms with E-state index in [9.17, 15) is 4.79 Å². The minimum Gasteiger partial charge on any atom is -0.487 e. The molecule has 0 unspecified atom stereocenters. The van der Waals surface area contributed by atoms with Crippen molar-refractivity contribution in [2.24, 2.45) is 11.8 Å². The van der Waals surface area contributed by atoms with Gasteiger partial charge in [-0.15, -0.1) is 0 Å². The molecule has 2 aromatic heterocycles. The van der Waals surface area contributed by atoms with Gasteiger partial charge in [-0.1, -0.05) is 37.6 Å². The summed E-state index contributed by atoms with van der Waals surface area (Å²) in [6.07, 6.45) is 6.49. The third-order valence-electron chi connectivity index (χ3n) is 8.38. The molecule has 1 saturated carbocycles. The number of hydrogen-bond acceptors (Lipinski definition) is 5. The molecule has 5 heteroatoms. The first-order valence-electron chi connectivity index (χ1n) is 12.8. The number of fused-ring (bicyclic) bond motifs is 9. The second-order valence-electron chi connectivity index (χ2n) is 11.1. The van der Waals surface area contributed by atoms with Crippen LogP contribution in [0.25, 0.3) is 32.8 Å². The number of carbonyl (C=O) groups excluding carboxylic acids is 1. The van der Waals surface area contributed by atoms with Crippen LogP contribution in [0, 0.1) is 11.8 Å². The number of carbonyl (C=O) groups is 1. The number of nitrogens with zero attached hydrogens (tertiary/aromatic N) is 2. The fourth-order valence-corrected chi connectivity index (χ4v) is 6.60. The predicted molar refractivity (Wildman–Crippen MR) is 141 cm³/mol. The van der Waals surface area contributed by atoms with E-state index >= 15 is 0 Å². The van der Waals surface area contributed by atoms with Crippen LogP contribution < -0.4 is 4.74 Å². The SMILES string of the molecule is C[C@H]1CC[C@H]2[C@H](C1)c1c(c3ccccc3c3nc4ccc(C(=O)c5ccoc5)cc4nc13)OC2(C)C. The number of benzene rings is 3. The first-order chi connectivity index (χ1) is 17.4. The molecule has 1 fully saturated rings. The van der Waals surface area contributed by atoms with Crippen LogP contribution in [0.15, 0.2) is 65.5 Å². The summed E-state index contributed by atoms with van der Waals surface area (Å²) in [6, 6.07) is 15.6. The average molecular weight is 477 g/mol. The zero-order valence-corrected chi connectivity index (χ0v) is 20.7. The molecule has 180 valence electrons. The number of ether oxygens (including phenoxy) is 1. The predicted octanol–water partition coefficient (Wildman–Crippen LogP) is 7.45. The Morgan fingerprint density at radius 1 is 0.944 bits per heavy atom. The molecule has 0 bridgehead atoms. The molecule has 0 spiro atoms. The Kier molecular flexibility index (Phi) is 4.57. The molecule has 1 aliphatic carbocycles. The van der Waals surface area contributed by atoms with Crippen LogP contribution in [-0.4, -0.2) is 21.4 Å². The van der Waals surface area contributed by atoms with E-state index < -0.39 is 0 Å². The van der Waals surface area contributed by atoms with E-state index in [0.717, 1.165) is 51.4 Å². The van der Waals surface area contributed by atoms with E-state index in [2.05, 4.69) is 39.0 Å². The summed E-state index contributed by atoms with van der Waals surface area (Å²) in [5, 5.41) is 2.16. The minimum absolute atomic E-state index is 0.0839. The highest BCUT2D eigenvalue weighted by Crippen LogP contribution is 2.56. The molecule has 0 saturated heterocycles. The first kappa shape index (κ1) is 21.5. The molecular formula is C31H28N2O3. The van der Waals surface area contributed by atoms with Gasteiger partial charge in [0.2, 0.25) is 0 Å². The van der Waals surface area contributed by atoms with Crippen LogP contribution in [0.5, 0.6) is 5.75 Å². The van der Waals surface area contributed by atoms with Gasteiger partial charge in [-0.25, -0.2) is 9.97 Å². The van der Waals surface area contributed by atoms with Crippen LogP contribution in [0.4, 0.5) is 0 Å². The highest BCUT2D eigenvalue weighted by molar-refractivity contribution is 6.13. The van der Waals surface area contributed by atoms with Gasteiger partial charge in [-0.2, -0.15) is 0 Å². The van der Waals surface area contributed by atoms with Crippen LogP contribution in [0.1, 0.15) is 67.4 Å². The fraction of sp³-hybridized carbons (Fsp3) is 0.323. The van der Waals surface area contributed by atoms with Crippen molar-refractivity contribution < 1.29 is 13.9 Å². The van der Waals surface area contributed by atoms with Crippen molar-refractivity contribution >= 4 is 38.6 Å². The lowest BCUT2D eigenvalue weighted by Gasteiger charge is -2.49. The maximum Gasteiger partial charge on any atom is 0.196 e. The molecule has 7 rings (SSSR count). The summed E-state index contributed by atoms with van der Waals surface area (Å²) in [5.41, 5.74) is 5.37. The molecule has 0 amide bonds. The van der Waals surface area contributed by atoms with Gasteiger partial charge in [0, 0.05) is 27.8 Å². The van der Waals surface area contributed by atoms with Gasteiger partial charge < -0.3 is 9.15 Å². The van der Waals surface area contributed by atoms with Gasteiger partial charge >= 0.3 is 0 Å². The van der Waals surface area contributed by atoms with Crippen LogP contribution in [0.3, 0.4) is 0 Å². The molecule has 0 radical (unpaired) electrons. The maximum absolute atomic E-state index is 13.0. The molecule has 3 aromatic carbocycles. The maximum atomic E-state index is 13.0. The van der Waals surface area contributed by atoms with Crippen molar-refractivity contribution in [2.75, 3.05) is 0 Å². The topological polar surface area (TPSA) is 65.2 Å². The lowest BCUT2D eigenvalue weighted by Crippen LogP contribution is -2.46. The van der Waals surface area contributed by atoms with Crippen molar-refractivity contribution in [3.8, 4) is 5.75 Å². The monoisotopic (exact) mass is 476 g/mol. The molecule has 2 aliphatic rings. The molecule has 36 heavy (non-hydrogen) atoms. The Morgan fingerprint density at radius 3 is 2.56 bits per heavy atom. The average Bonchev–Trinajstić information content (AvgIpc) is 3.42. The van der Waals surface area contributed by atoms with Gasteiger partial charge in [0.15, 0.2) is 5.78 Å². The van der Waals surface area contributed by atoms with Gasteiger partial charge in [0.25, 0.3) is 0 Å². The summed E-state index contributed by atoms with van der Waals surface area (Å²) in [7, 11) is 0. The highest BCUT2D eigenvalue weighted by Gasteiger charge is 2.47. The summed E-state index contributed by atoms with van der Waals surface area (Å²) in [5.74, 6) is 2.32. The van der Waals surface area contributed by atoms with Gasteiger partial charge in [-0.3, -0.25) is 4.79 Å². The van der Waals surface area contributed by atoms with E-state index in [1.807, 2.05) is 24.3 Å². The summed E-state index contributed by atoms with van der Waals surface area (Å²) >= 11 is 0. The second kappa shape index (κ2) is 7.63. The van der Waals surface area contributed by atoms with E-state index in [0.29, 0.717) is 28.9 Å². The van der Waals surface area contributed by atoms with Crippen LogP contribution >= 0.6 is 0 Å². The first-order valence-corrected chi connectivity index (χ1v) is 12.8. The Hall–Kier alpha value is -3.73. The fourth-order valence-electron chi connectivity index (χ4n) is 6.60. The van der Waals surface area contributed by atoms with E-state index in [1.165, 1.54) is 24.5 Å². The normalized spacial score (nSPS) is 22.8. The lowest BCUT2D eigenvalue weighted by molar-refractivity contribution is -0.0115. The third kappa shape index (κ3) is 3.11. The Balaban J connectivity index is 1.53. The largest absolute Gasteiger partial charge is 0.487 e. The second-order valence-corrected chi connectivity index (χ2v) is 11.1. The highest BCUT2D eigenvalue weighted by atomic mass is 16.5. The third-order valence-corrected chi connectivity index (χ3v) is 8.38. The Bertz CT molecular complexity index is 1670. The smallest absolute Gasteiger partial charge is 0.196 e. The molecule has 0 N–H and O–H groups in total. The number of ketones is 1. The van der Waals surface area contributed by atoms with Gasteiger partial charge in [0.05, 0.1) is 33.9 Å². The zero-order valence-electron chi connectivity index (χ0n) is 20.7. The number of hydrogen-bond donors (Lipinski definition) is 0. The van der Waals surface area contributed by atoms with Crippen LogP contribution in [0.2, 0.25) is 0 Å². The molecule has 5 nitrogen and oxygen atoms in total. The molecule has 5 aromatic rings. The molecule has 1 aliphatic heterocycles. The number of furan rings is 1. The minimum atomic E-state index is -0.247. The quantitative estimate of drug-likeness (QED) is 0.150. The van der Waals surface area contributed by atoms with Crippen molar-refractivity contribution in [2.45, 2.75) is 51.6 Å². The Morgan fingerprint density at radius 2 is 1.75 bits per heavy atom. The van der Waals surface area contributed by atoms with Crippen molar-refractivity contribution in [3.05, 3.63) is 77.7 Å². The molecule has 3 atom stereocenters. The van der Waals surface area contributed by atoms with Gasteiger partial charge in [0.1, 0.15) is 17.6 Å². The van der Waals surface area contributed by atoms with Crippen molar-refractivity contribution in [1.29, 1.82) is 0 Å². The Labute approximate surface area is 209 Å². The van der Waals surface area contributed by atoms with Gasteiger partial charge in [-0.05, 0) is 62.8 Å². The van der Waals surface area contributed by atoms with Crippen LogP contribution in [-0.2, 0) is 0 Å². The molecular weight excluding hydrogens is 448 g/mol. The summed E-state index contributed by atoms with van der Waals surface area (Å²) in [4.78, 5) is 23.3. The summed E-state index contributed by atoms with van der Waals surface area (Å²) < 4.78 is 12.0. The number of rotatable bonds is 2. The van der Waals surface area contributed by atoms with E-state index in [1.54, 1.807) is 6.07 Å². The lowest BCUT2D eigenvalue weighted by atomic mass is 9.64. The summed E-state index contributed by atoms with van der Waals surface area (Å²) in [6.45, 7) is 6.83. The van der Waals surface area contributed by atoms with E-state index in [-0.39, 0.29) is 11.4 Å². The van der Waals surface area contributed by atoms with Crippen molar-refractivity contribution in [3.63, 3.8) is 0 Å². The number of aromatic nitrogens is 2. The zero-order chi connectivity index (χ0) is 24.6. The standard InChI is InChI=1S/C31H28N2O3/c1-17-8-10-23-22(14-17)26-28-27(20-6-4-5-7-21(20)30(26)36-31(23,2)3)32-24-11-9-18(15-25(24)33-28)29(34)19-12-13-35-16-19/h4-7,9,11-13,15-17,22-23H,8,10,14H2,1-3H3/t17-,22-,23-/m0/s1. The van der Waals surface area contributed by atoms with Crippen molar-refractivity contribution in [1.82, 2.24) is 9.97 Å². The van der Waals surface area contributed by atoms with E-state index in [4.69, 9.17) is 19.1 Å². The molecule has 3 heterocycles.